The zero-order valence-corrected chi connectivity index (χ0v) is 8.99. The van der Waals surface area contributed by atoms with Crippen molar-refractivity contribution in [1.29, 1.82) is 0 Å². The topological polar surface area (TPSA) is 53.0 Å². The summed E-state index contributed by atoms with van der Waals surface area (Å²) in [7, 11) is 0. The van der Waals surface area contributed by atoms with Crippen LogP contribution in [0.4, 0.5) is 0 Å². The highest BCUT2D eigenvalue weighted by molar-refractivity contribution is 5.24. The van der Waals surface area contributed by atoms with E-state index in [4.69, 9.17) is 4.74 Å². The van der Waals surface area contributed by atoms with Crippen LogP contribution in [-0.2, 0) is 4.74 Å². The lowest BCUT2D eigenvalue weighted by atomic mass is 9.87. The van der Waals surface area contributed by atoms with Gasteiger partial charge in [0.15, 0.2) is 0 Å². The van der Waals surface area contributed by atoms with Gasteiger partial charge in [-0.25, -0.2) is 0 Å². The Hall–Kier alpha value is -1.16. The number of hydrogen-bond donors (Lipinski definition) is 2. The van der Waals surface area contributed by atoms with Crippen molar-refractivity contribution < 1.29 is 14.9 Å². The minimum absolute atomic E-state index is 0.153. The molecule has 1 fully saturated rings. The Kier molecular flexibility index (Phi) is 3.39. The summed E-state index contributed by atoms with van der Waals surface area (Å²) in [4.78, 5) is 0. The highest BCUT2D eigenvalue weighted by atomic mass is 16.6. The summed E-state index contributed by atoms with van der Waals surface area (Å²) in [5, 5.41) is 20.0. The van der Waals surface area contributed by atoms with E-state index in [1.165, 1.54) is 6.08 Å². The van der Waals surface area contributed by atoms with Crippen LogP contribution in [0.25, 0.3) is 0 Å². The molecule has 1 aromatic rings. The normalized spacial score (nSPS) is 24.5. The average Bonchev–Trinajstić information content (AvgIpc) is 3.14. The van der Waals surface area contributed by atoms with Gasteiger partial charge in [0.1, 0.15) is 6.10 Å². The summed E-state index contributed by atoms with van der Waals surface area (Å²) in [6.07, 6.45) is -0.152. The largest absolute Gasteiger partial charge is 0.390 e. The first-order chi connectivity index (χ1) is 7.74. The minimum Gasteiger partial charge on any atom is -0.390 e. The third-order valence-corrected chi connectivity index (χ3v) is 2.90. The van der Waals surface area contributed by atoms with E-state index in [1.54, 1.807) is 0 Å². The van der Waals surface area contributed by atoms with Crippen molar-refractivity contribution in [3.05, 3.63) is 48.6 Å². The molecule has 2 N–H and O–H groups in total. The predicted molar refractivity (Wildman–Crippen MR) is 61.1 cm³/mol. The molecule has 3 nitrogen and oxygen atoms in total. The molecule has 0 aliphatic carbocycles. The van der Waals surface area contributed by atoms with E-state index in [0.717, 1.165) is 5.56 Å². The van der Waals surface area contributed by atoms with Gasteiger partial charge in [0.05, 0.1) is 18.8 Å². The molecule has 0 amide bonds. The number of hydrogen-bond acceptors (Lipinski definition) is 3. The Labute approximate surface area is 95.0 Å². The lowest BCUT2D eigenvalue weighted by molar-refractivity contribution is 0.0556. The summed E-state index contributed by atoms with van der Waals surface area (Å²) >= 11 is 0. The van der Waals surface area contributed by atoms with Crippen LogP contribution in [0, 0.1) is 0 Å². The Morgan fingerprint density at radius 2 is 1.94 bits per heavy atom. The van der Waals surface area contributed by atoms with Gasteiger partial charge in [-0.1, -0.05) is 36.4 Å². The number of epoxide rings is 1. The quantitative estimate of drug-likeness (QED) is 0.576. The Bertz CT molecular complexity index is 345. The highest BCUT2D eigenvalue weighted by Gasteiger charge is 2.39. The summed E-state index contributed by atoms with van der Waals surface area (Å²) in [6.45, 7) is 4.13. The molecule has 0 spiro atoms. The van der Waals surface area contributed by atoms with Crippen LogP contribution in [0.15, 0.2) is 43.0 Å². The van der Waals surface area contributed by atoms with Crippen molar-refractivity contribution in [2.75, 3.05) is 6.61 Å². The van der Waals surface area contributed by atoms with Gasteiger partial charge in [-0.15, -0.1) is 6.58 Å². The van der Waals surface area contributed by atoms with Gasteiger partial charge in [-0.05, 0) is 5.56 Å². The second-order valence-corrected chi connectivity index (χ2v) is 4.03. The van der Waals surface area contributed by atoms with Gasteiger partial charge < -0.3 is 14.9 Å². The van der Waals surface area contributed by atoms with Gasteiger partial charge in [0, 0.05) is 5.92 Å². The first-order valence-electron chi connectivity index (χ1n) is 5.39. The molecule has 3 unspecified atom stereocenters. The van der Waals surface area contributed by atoms with Crippen molar-refractivity contribution in [2.24, 2.45) is 0 Å². The zero-order chi connectivity index (χ0) is 11.5. The molecule has 0 saturated carbocycles. The van der Waals surface area contributed by atoms with E-state index in [-0.39, 0.29) is 12.0 Å². The number of aliphatic hydroxyl groups excluding tert-OH is 2. The van der Waals surface area contributed by atoms with Crippen molar-refractivity contribution in [3.63, 3.8) is 0 Å². The molecular formula is C13H16O3. The maximum atomic E-state index is 10.1. The maximum Gasteiger partial charge on any atom is 0.107 e. The molecule has 1 aliphatic heterocycles. The van der Waals surface area contributed by atoms with E-state index < -0.39 is 12.2 Å². The molecule has 3 heteroatoms. The third kappa shape index (κ3) is 2.32. The molecule has 86 valence electrons. The molecule has 1 heterocycles. The van der Waals surface area contributed by atoms with E-state index in [1.807, 2.05) is 30.3 Å². The Morgan fingerprint density at radius 3 is 2.44 bits per heavy atom. The number of aliphatic hydroxyl groups is 2. The van der Waals surface area contributed by atoms with Crippen LogP contribution in [-0.4, -0.2) is 35.1 Å². The van der Waals surface area contributed by atoms with Crippen molar-refractivity contribution in [2.45, 2.75) is 24.2 Å². The van der Waals surface area contributed by atoms with Crippen molar-refractivity contribution >= 4 is 0 Å². The van der Waals surface area contributed by atoms with Crippen LogP contribution in [0.5, 0.6) is 0 Å². The molecule has 0 radical (unpaired) electrons. The van der Waals surface area contributed by atoms with Crippen molar-refractivity contribution in [3.8, 4) is 0 Å². The lowest BCUT2D eigenvalue weighted by Gasteiger charge is -2.25. The molecule has 1 aliphatic rings. The third-order valence-electron chi connectivity index (χ3n) is 2.90. The van der Waals surface area contributed by atoms with Gasteiger partial charge in [-0.3, -0.25) is 0 Å². The number of rotatable bonds is 5. The molecule has 16 heavy (non-hydrogen) atoms. The molecule has 1 saturated heterocycles. The SMILES string of the molecule is C=CC(O)C(c1ccccc1)C(O)[C@H]1CO1. The van der Waals surface area contributed by atoms with Gasteiger partial charge in [0.25, 0.3) is 0 Å². The van der Waals surface area contributed by atoms with Crippen LogP contribution >= 0.6 is 0 Å². The van der Waals surface area contributed by atoms with Gasteiger partial charge in [-0.2, -0.15) is 0 Å². The fourth-order valence-corrected chi connectivity index (χ4v) is 1.90. The standard InChI is InChI=1S/C13H16O3/c1-2-10(14)12(13(15)11-8-16-11)9-6-4-3-5-7-9/h2-7,10-15H,1,8H2/t10?,11-,12?,13?/m1/s1. The molecular weight excluding hydrogens is 204 g/mol. The number of benzene rings is 1. The molecule has 0 aromatic heterocycles. The lowest BCUT2D eigenvalue weighted by Crippen LogP contribution is -2.32. The summed E-state index contributed by atoms with van der Waals surface area (Å²) < 4.78 is 5.07. The first kappa shape index (κ1) is 11.3. The van der Waals surface area contributed by atoms with E-state index in [0.29, 0.717) is 6.61 Å². The smallest absolute Gasteiger partial charge is 0.107 e. The molecule has 1 aromatic carbocycles. The highest BCUT2D eigenvalue weighted by Crippen LogP contribution is 2.31. The Balaban J connectivity index is 2.23. The first-order valence-corrected chi connectivity index (χ1v) is 5.39. The monoisotopic (exact) mass is 220 g/mol. The molecule has 2 rings (SSSR count). The van der Waals surface area contributed by atoms with E-state index in [9.17, 15) is 10.2 Å². The van der Waals surface area contributed by atoms with Crippen LogP contribution in [0.2, 0.25) is 0 Å². The summed E-state index contributed by atoms with van der Waals surface area (Å²) in [5.74, 6) is -0.369. The van der Waals surface area contributed by atoms with E-state index >= 15 is 0 Å². The van der Waals surface area contributed by atoms with Crippen LogP contribution in [0.3, 0.4) is 0 Å². The van der Waals surface area contributed by atoms with Gasteiger partial charge in [0.2, 0.25) is 0 Å². The fourth-order valence-electron chi connectivity index (χ4n) is 1.90. The van der Waals surface area contributed by atoms with E-state index in [2.05, 4.69) is 6.58 Å². The second-order valence-electron chi connectivity index (χ2n) is 4.03. The molecule has 4 atom stereocenters. The van der Waals surface area contributed by atoms with Crippen molar-refractivity contribution in [1.82, 2.24) is 0 Å². The summed E-state index contributed by atoms with van der Waals surface area (Å²) in [6, 6.07) is 9.46. The average molecular weight is 220 g/mol. The maximum absolute atomic E-state index is 10.1. The minimum atomic E-state index is -0.762. The van der Waals surface area contributed by atoms with Gasteiger partial charge >= 0.3 is 0 Å². The second kappa shape index (κ2) is 4.78. The van der Waals surface area contributed by atoms with Crippen LogP contribution in [0.1, 0.15) is 11.5 Å². The fraction of sp³-hybridized carbons (Fsp3) is 0.385. The Morgan fingerprint density at radius 1 is 1.31 bits per heavy atom. The number of ether oxygens (including phenoxy) is 1. The predicted octanol–water partition coefficient (Wildman–Crippen LogP) is 1.08. The molecule has 0 bridgehead atoms. The summed E-state index contributed by atoms with van der Waals surface area (Å²) in [5.41, 5.74) is 0.901. The zero-order valence-electron chi connectivity index (χ0n) is 8.99. The van der Waals surface area contributed by atoms with Crippen LogP contribution < -0.4 is 0 Å².